The van der Waals surface area contributed by atoms with Crippen LogP contribution in [0.5, 0.6) is 0 Å². The molecule has 2 saturated heterocycles. The normalized spacial score (nSPS) is 37.8. The van der Waals surface area contributed by atoms with E-state index in [-0.39, 0.29) is 54.8 Å². The Morgan fingerprint density at radius 1 is 0.862 bits per heavy atom. The van der Waals surface area contributed by atoms with Gasteiger partial charge in [-0.15, -0.1) is 0 Å². The maximum atomic E-state index is 14.4. The van der Waals surface area contributed by atoms with Crippen molar-refractivity contribution in [3.8, 4) is 0 Å². The standard InChI is InChI=1S/C51H79NO13/c1-30-16-12-11-13-17-31(2)42(61-8)28-38-21-19-36(7)51(60,65-38)48(57)49(58)52-23-15-14-18-39(52)50(59)64-43(33(4)26-37-20-22-40(53)44(27-37)62-9)29-41(54)32(3)25-35(6)46(56)47(63-10)45(55)34(5)24-30/h11-13,16-17,25,30,33-40,42-44,46-47,53,56,60H,14-15,18-24,26-29H2,1-10H3/t30-,33-,34-,35?,36-,37?,38+,39?,40-,42+,43+,44-,46-,47+,51-/m1/s1. The van der Waals surface area contributed by atoms with Gasteiger partial charge in [0.05, 0.1) is 30.5 Å². The summed E-state index contributed by atoms with van der Waals surface area (Å²) in [5, 5.41) is 33.9. The molecule has 14 heteroatoms. The number of methoxy groups -OCH3 is 3. The molecule has 366 valence electrons. The molecule has 1 aliphatic carbocycles. The fraction of sp³-hybridized carbons (Fsp3) is 0.745. The van der Waals surface area contributed by atoms with E-state index in [1.807, 2.05) is 58.1 Å². The molecule has 0 radical (unpaired) electrons. The predicted octanol–water partition coefficient (Wildman–Crippen LogP) is 6.18. The summed E-state index contributed by atoms with van der Waals surface area (Å²) in [5.74, 6) is -7.93. The molecule has 2 bridgehead atoms. The highest BCUT2D eigenvalue weighted by atomic mass is 16.6. The van der Waals surface area contributed by atoms with Crippen molar-refractivity contribution in [2.45, 2.75) is 180 Å². The number of rotatable bonds is 6. The Hall–Kier alpha value is -3.37. The average Bonchev–Trinajstić information content (AvgIpc) is 3.28. The summed E-state index contributed by atoms with van der Waals surface area (Å²) in [6, 6.07) is -1.14. The zero-order valence-electron chi connectivity index (χ0n) is 40.6. The van der Waals surface area contributed by atoms with Crippen LogP contribution in [-0.4, -0.2) is 132 Å². The zero-order valence-corrected chi connectivity index (χ0v) is 40.6. The van der Waals surface area contributed by atoms with E-state index in [2.05, 4.69) is 0 Å². The number of amides is 1. The fourth-order valence-corrected chi connectivity index (χ4v) is 10.1. The van der Waals surface area contributed by atoms with Crippen LogP contribution in [0.25, 0.3) is 0 Å². The van der Waals surface area contributed by atoms with Crippen molar-refractivity contribution >= 4 is 29.2 Å². The van der Waals surface area contributed by atoms with Crippen LogP contribution in [0.2, 0.25) is 0 Å². The third-order valence-electron chi connectivity index (χ3n) is 14.5. The second-order valence-electron chi connectivity index (χ2n) is 19.6. The van der Waals surface area contributed by atoms with Gasteiger partial charge in [-0.2, -0.15) is 0 Å². The second-order valence-corrected chi connectivity index (χ2v) is 19.6. The molecule has 0 aromatic carbocycles. The van der Waals surface area contributed by atoms with E-state index in [1.165, 1.54) is 12.0 Å². The van der Waals surface area contributed by atoms with Gasteiger partial charge in [-0.05, 0) is 107 Å². The molecule has 1 saturated carbocycles. The monoisotopic (exact) mass is 914 g/mol. The van der Waals surface area contributed by atoms with Crippen LogP contribution in [0.3, 0.4) is 0 Å². The molecule has 3 aliphatic heterocycles. The van der Waals surface area contributed by atoms with Gasteiger partial charge in [-0.25, -0.2) is 4.79 Å². The number of allylic oxidation sites excluding steroid dienone is 6. The number of aliphatic hydroxyl groups excluding tert-OH is 2. The van der Waals surface area contributed by atoms with Gasteiger partial charge in [0.1, 0.15) is 18.2 Å². The number of ether oxygens (including phenoxy) is 5. The summed E-state index contributed by atoms with van der Waals surface area (Å²) in [5.41, 5.74) is 1.19. The number of Topliss-reactive ketones (excluding diaryl/α,β-unsaturated/α-hetero) is 3. The fourth-order valence-electron chi connectivity index (χ4n) is 10.1. The number of fused-ring (bicyclic) bond motifs is 3. The molecular weight excluding hydrogens is 835 g/mol. The van der Waals surface area contributed by atoms with Gasteiger partial charge >= 0.3 is 5.97 Å². The molecule has 0 aromatic heterocycles. The van der Waals surface area contributed by atoms with E-state index >= 15 is 0 Å². The third-order valence-corrected chi connectivity index (χ3v) is 14.5. The van der Waals surface area contributed by atoms with E-state index in [4.69, 9.17) is 23.7 Å². The van der Waals surface area contributed by atoms with E-state index in [9.17, 15) is 39.3 Å². The Labute approximate surface area is 387 Å². The van der Waals surface area contributed by atoms with Crippen LogP contribution in [0.4, 0.5) is 0 Å². The summed E-state index contributed by atoms with van der Waals surface area (Å²) in [6.07, 6.45) is 11.2. The zero-order chi connectivity index (χ0) is 48.2. The maximum absolute atomic E-state index is 14.4. The van der Waals surface area contributed by atoms with Crippen LogP contribution in [0, 0.1) is 35.5 Å². The molecule has 15 atom stereocenters. The highest BCUT2D eigenvalue weighted by molar-refractivity contribution is 6.39. The van der Waals surface area contributed by atoms with Crippen LogP contribution in [-0.2, 0) is 47.7 Å². The predicted molar refractivity (Wildman–Crippen MR) is 245 cm³/mol. The molecule has 1 amide bonds. The van der Waals surface area contributed by atoms with E-state index in [1.54, 1.807) is 41.1 Å². The van der Waals surface area contributed by atoms with Gasteiger partial charge in [0.15, 0.2) is 11.6 Å². The Bertz CT molecular complexity index is 1760. The molecule has 65 heavy (non-hydrogen) atoms. The van der Waals surface area contributed by atoms with Crippen molar-refractivity contribution in [2.75, 3.05) is 27.9 Å². The first-order valence-corrected chi connectivity index (χ1v) is 23.9. The van der Waals surface area contributed by atoms with Gasteiger partial charge in [0.25, 0.3) is 11.7 Å². The average molecular weight is 914 g/mol. The van der Waals surface area contributed by atoms with Crippen molar-refractivity contribution in [1.82, 2.24) is 4.90 Å². The van der Waals surface area contributed by atoms with Gasteiger partial charge in [0.2, 0.25) is 5.79 Å². The number of nitrogens with zero attached hydrogens (tertiary/aromatic N) is 1. The van der Waals surface area contributed by atoms with Crippen LogP contribution in [0.1, 0.15) is 126 Å². The minimum Gasteiger partial charge on any atom is -0.460 e. The Kier molecular flexibility index (Phi) is 21.0. The lowest BCUT2D eigenvalue weighted by molar-refractivity contribution is -0.265. The molecule has 3 fully saturated rings. The second kappa shape index (κ2) is 25.1. The molecule has 3 unspecified atom stereocenters. The lowest BCUT2D eigenvalue weighted by Gasteiger charge is -2.42. The lowest BCUT2D eigenvalue weighted by atomic mass is 9.78. The van der Waals surface area contributed by atoms with Gasteiger partial charge < -0.3 is 43.9 Å². The number of piperidine rings is 1. The molecule has 4 rings (SSSR count). The first kappa shape index (κ1) is 54.2. The molecule has 3 N–H and O–H groups in total. The maximum Gasteiger partial charge on any atom is 0.329 e. The largest absolute Gasteiger partial charge is 0.460 e. The quantitative estimate of drug-likeness (QED) is 0.202. The van der Waals surface area contributed by atoms with Crippen molar-refractivity contribution in [1.29, 1.82) is 0 Å². The minimum atomic E-state index is -2.43. The van der Waals surface area contributed by atoms with Gasteiger partial charge in [-0.1, -0.05) is 71.1 Å². The van der Waals surface area contributed by atoms with E-state index in [0.29, 0.717) is 63.4 Å². The summed E-state index contributed by atoms with van der Waals surface area (Å²) in [7, 11) is 4.53. The molecular formula is C51H79NO13. The van der Waals surface area contributed by atoms with Crippen LogP contribution in [0.15, 0.2) is 47.6 Å². The van der Waals surface area contributed by atoms with Crippen molar-refractivity contribution in [2.24, 2.45) is 35.5 Å². The van der Waals surface area contributed by atoms with Crippen molar-refractivity contribution in [3.05, 3.63) is 47.6 Å². The highest BCUT2D eigenvalue weighted by Crippen LogP contribution is 2.38. The van der Waals surface area contributed by atoms with Gasteiger partial charge in [0, 0.05) is 58.5 Å². The van der Waals surface area contributed by atoms with Crippen LogP contribution < -0.4 is 0 Å². The summed E-state index contributed by atoms with van der Waals surface area (Å²) in [4.78, 5) is 71.7. The Morgan fingerprint density at radius 2 is 1.58 bits per heavy atom. The van der Waals surface area contributed by atoms with Crippen molar-refractivity contribution in [3.63, 3.8) is 0 Å². The van der Waals surface area contributed by atoms with E-state index in [0.717, 1.165) is 12.0 Å². The summed E-state index contributed by atoms with van der Waals surface area (Å²) in [6.45, 7) is 12.7. The smallest absolute Gasteiger partial charge is 0.329 e. The first-order chi connectivity index (χ1) is 30.7. The summed E-state index contributed by atoms with van der Waals surface area (Å²) < 4.78 is 29.4. The first-order valence-electron chi connectivity index (χ1n) is 23.9. The third kappa shape index (κ3) is 14.3. The molecule has 0 aromatic rings. The Morgan fingerprint density at radius 3 is 2.26 bits per heavy atom. The minimum absolute atomic E-state index is 0.0220. The molecule has 4 aliphatic rings. The van der Waals surface area contributed by atoms with Gasteiger partial charge in [-0.3, -0.25) is 19.2 Å². The van der Waals surface area contributed by atoms with Crippen molar-refractivity contribution < 1.29 is 63.0 Å². The Balaban J connectivity index is 1.70. The number of ketones is 3. The van der Waals surface area contributed by atoms with Crippen LogP contribution >= 0.6 is 0 Å². The summed E-state index contributed by atoms with van der Waals surface area (Å²) >= 11 is 0. The number of esters is 1. The number of hydrogen-bond donors (Lipinski definition) is 3. The number of carbonyl (C=O) groups is 5. The molecule has 0 spiro atoms. The lowest BCUT2D eigenvalue weighted by Crippen LogP contribution is -2.61. The number of carbonyl (C=O) groups excluding carboxylic acids is 5. The number of aliphatic hydroxyl groups is 3. The van der Waals surface area contributed by atoms with E-state index < -0.39 is 83.9 Å². The molecule has 14 nitrogen and oxygen atoms in total. The SMILES string of the molecule is CO[C@H]1C[C@@H]2CC[C@@H](C)[C@@](O)(O2)C(=O)C(=O)N2CCCCC2C(=O)O[C@H]([C@H](C)CC2CC[C@@H](O)[C@H](OC)C2)CC(=O)C(C)=CC(C)[C@@H](O)[C@@H](OC)C(=O)[C@H](C)C[C@H](C)C=CC=CC=C1C. The number of cyclic esters (lactones) is 1. The highest BCUT2D eigenvalue weighted by Gasteiger charge is 2.53. The topological polar surface area (TPSA) is 195 Å². The number of hydrogen-bond acceptors (Lipinski definition) is 13. The molecule has 3 heterocycles.